The fourth-order valence-corrected chi connectivity index (χ4v) is 1.12. The van der Waals surface area contributed by atoms with Gasteiger partial charge in [0, 0.05) is 12.1 Å². The zero-order valence-electron chi connectivity index (χ0n) is 11.6. The van der Waals surface area contributed by atoms with E-state index in [1.54, 1.807) is 13.8 Å². The Labute approximate surface area is 103 Å². The van der Waals surface area contributed by atoms with Crippen molar-refractivity contribution in [3.8, 4) is 0 Å². The SMILES string of the molecule is CC(C)N(CC(=O)O)C(=O)NC(C)C(C)(C)C. The van der Waals surface area contributed by atoms with Crippen molar-refractivity contribution in [2.75, 3.05) is 6.54 Å². The van der Waals surface area contributed by atoms with Crippen LogP contribution in [0.4, 0.5) is 4.79 Å². The van der Waals surface area contributed by atoms with Crippen LogP contribution in [0.1, 0.15) is 41.5 Å². The molecule has 17 heavy (non-hydrogen) atoms. The number of nitrogens with zero attached hydrogens (tertiary/aromatic N) is 1. The smallest absolute Gasteiger partial charge is 0.323 e. The van der Waals surface area contributed by atoms with Gasteiger partial charge in [-0.1, -0.05) is 20.8 Å². The van der Waals surface area contributed by atoms with Gasteiger partial charge in [0.1, 0.15) is 6.54 Å². The Bertz CT molecular complexity index is 282. The second-order valence-electron chi connectivity index (χ2n) is 5.65. The summed E-state index contributed by atoms with van der Waals surface area (Å²) in [5.74, 6) is -1.00. The molecule has 0 heterocycles. The number of carboxylic acids is 1. The lowest BCUT2D eigenvalue weighted by Crippen LogP contribution is -2.51. The van der Waals surface area contributed by atoms with Crippen LogP contribution in [0.25, 0.3) is 0 Å². The maximum atomic E-state index is 11.9. The van der Waals surface area contributed by atoms with Crippen molar-refractivity contribution in [2.45, 2.75) is 53.6 Å². The molecule has 0 aromatic carbocycles. The van der Waals surface area contributed by atoms with Crippen LogP contribution < -0.4 is 5.32 Å². The molecule has 2 N–H and O–H groups in total. The molecule has 0 aromatic rings. The number of carboxylic acid groups (broad SMARTS) is 1. The molecule has 0 spiro atoms. The highest BCUT2D eigenvalue weighted by atomic mass is 16.4. The lowest BCUT2D eigenvalue weighted by molar-refractivity contribution is -0.138. The topological polar surface area (TPSA) is 69.6 Å². The summed E-state index contributed by atoms with van der Waals surface area (Å²) in [5, 5.41) is 11.6. The summed E-state index contributed by atoms with van der Waals surface area (Å²) in [6, 6.07) is -0.492. The predicted molar refractivity (Wildman–Crippen MR) is 66.9 cm³/mol. The molecular weight excluding hydrogens is 220 g/mol. The van der Waals surface area contributed by atoms with Crippen LogP contribution in [0.2, 0.25) is 0 Å². The standard InChI is InChI=1S/C12H24N2O3/c1-8(2)14(7-10(15)16)11(17)13-9(3)12(4,5)6/h8-9H,7H2,1-6H3,(H,13,17)(H,15,16). The summed E-state index contributed by atoms with van der Waals surface area (Å²) in [7, 11) is 0. The fourth-order valence-electron chi connectivity index (χ4n) is 1.12. The molecule has 5 nitrogen and oxygen atoms in total. The van der Waals surface area contributed by atoms with Crippen LogP contribution in [-0.2, 0) is 4.79 Å². The minimum absolute atomic E-state index is 0.0231. The first kappa shape index (κ1) is 15.7. The van der Waals surface area contributed by atoms with E-state index in [0.29, 0.717) is 0 Å². The maximum absolute atomic E-state index is 11.9. The molecule has 0 radical (unpaired) electrons. The molecule has 0 aliphatic carbocycles. The van der Waals surface area contributed by atoms with Crippen LogP contribution in [0.15, 0.2) is 0 Å². The van der Waals surface area contributed by atoms with Crippen LogP contribution in [0.5, 0.6) is 0 Å². The quantitative estimate of drug-likeness (QED) is 0.793. The molecular formula is C12H24N2O3. The molecule has 0 bridgehead atoms. The number of rotatable bonds is 4. The third-order valence-corrected chi connectivity index (χ3v) is 2.83. The second-order valence-corrected chi connectivity index (χ2v) is 5.65. The van der Waals surface area contributed by atoms with Gasteiger partial charge in [-0.2, -0.15) is 0 Å². The van der Waals surface area contributed by atoms with E-state index in [0.717, 1.165) is 0 Å². The molecule has 1 atom stereocenters. The highest BCUT2D eigenvalue weighted by Gasteiger charge is 2.26. The van der Waals surface area contributed by atoms with Crippen LogP contribution in [-0.4, -0.2) is 40.6 Å². The van der Waals surface area contributed by atoms with Crippen LogP contribution >= 0.6 is 0 Å². The van der Waals surface area contributed by atoms with E-state index < -0.39 is 5.97 Å². The number of nitrogens with one attached hydrogen (secondary N) is 1. The molecule has 5 heteroatoms. The summed E-state index contributed by atoms with van der Waals surface area (Å²) in [4.78, 5) is 23.9. The Hall–Kier alpha value is -1.26. The third-order valence-electron chi connectivity index (χ3n) is 2.83. The highest BCUT2D eigenvalue weighted by Crippen LogP contribution is 2.18. The largest absolute Gasteiger partial charge is 0.480 e. The molecule has 0 rings (SSSR count). The van der Waals surface area contributed by atoms with Crippen molar-refractivity contribution in [2.24, 2.45) is 5.41 Å². The number of aliphatic carboxylic acids is 1. The molecule has 0 aliphatic rings. The van der Waals surface area contributed by atoms with Gasteiger partial charge in [0.05, 0.1) is 0 Å². The number of urea groups is 1. The minimum Gasteiger partial charge on any atom is -0.480 e. The Balaban J connectivity index is 4.59. The van der Waals surface area contributed by atoms with E-state index in [2.05, 4.69) is 5.32 Å². The van der Waals surface area contributed by atoms with Gasteiger partial charge >= 0.3 is 12.0 Å². The molecule has 0 aliphatic heterocycles. The molecule has 0 saturated heterocycles. The van der Waals surface area contributed by atoms with E-state index in [1.165, 1.54) is 4.90 Å². The van der Waals surface area contributed by atoms with Crippen molar-refractivity contribution in [1.82, 2.24) is 10.2 Å². The summed E-state index contributed by atoms with van der Waals surface area (Å²) < 4.78 is 0. The van der Waals surface area contributed by atoms with Gasteiger partial charge in [-0.15, -0.1) is 0 Å². The minimum atomic E-state index is -1.00. The molecule has 0 fully saturated rings. The normalized spacial score (nSPS) is 13.4. The van der Waals surface area contributed by atoms with Crippen molar-refractivity contribution < 1.29 is 14.7 Å². The van der Waals surface area contributed by atoms with Gasteiger partial charge in [0.2, 0.25) is 0 Å². The zero-order chi connectivity index (χ0) is 13.8. The monoisotopic (exact) mass is 244 g/mol. The zero-order valence-corrected chi connectivity index (χ0v) is 11.6. The van der Waals surface area contributed by atoms with Gasteiger partial charge in [0.25, 0.3) is 0 Å². The summed E-state index contributed by atoms with van der Waals surface area (Å²) in [6.45, 7) is 11.3. The Morgan fingerprint density at radius 1 is 1.24 bits per heavy atom. The van der Waals surface area contributed by atoms with E-state index in [1.807, 2.05) is 27.7 Å². The van der Waals surface area contributed by atoms with Gasteiger partial charge in [0.15, 0.2) is 0 Å². The first-order valence-corrected chi connectivity index (χ1v) is 5.84. The third kappa shape index (κ3) is 5.56. The first-order chi connectivity index (χ1) is 7.55. The maximum Gasteiger partial charge on any atom is 0.323 e. The summed E-state index contributed by atoms with van der Waals surface area (Å²) in [6.07, 6.45) is 0. The first-order valence-electron chi connectivity index (χ1n) is 5.84. The van der Waals surface area contributed by atoms with Crippen molar-refractivity contribution in [3.05, 3.63) is 0 Å². The fraction of sp³-hybridized carbons (Fsp3) is 0.833. The van der Waals surface area contributed by atoms with Gasteiger partial charge in [-0.25, -0.2) is 4.79 Å². The van der Waals surface area contributed by atoms with E-state index in [9.17, 15) is 9.59 Å². The van der Waals surface area contributed by atoms with Crippen LogP contribution in [0.3, 0.4) is 0 Å². The van der Waals surface area contributed by atoms with Crippen molar-refractivity contribution >= 4 is 12.0 Å². The molecule has 0 saturated carbocycles. The summed E-state index contributed by atoms with van der Waals surface area (Å²) >= 11 is 0. The summed E-state index contributed by atoms with van der Waals surface area (Å²) in [5.41, 5.74) is -0.0540. The highest BCUT2D eigenvalue weighted by molar-refractivity contribution is 5.80. The van der Waals surface area contributed by atoms with Crippen LogP contribution in [0, 0.1) is 5.41 Å². The Morgan fingerprint density at radius 2 is 1.71 bits per heavy atom. The van der Waals surface area contributed by atoms with E-state index >= 15 is 0 Å². The molecule has 2 amide bonds. The van der Waals surface area contributed by atoms with Crippen molar-refractivity contribution in [1.29, 1.82) is 0 Å². The number of hydrogen-bond acceptors (Lipinski definition) is 2. The molecule has 100 valence electrons. The van der Waals surface area contributed by atoms with Gasteiger partial charge in [-0.05, 0) is 26.2 Å². The average Bonchev–Trinajstić information content (AvgIpc) is 2.11. The number of hydrogen-bond donors (Lipinski definition) is 2. The van der Waals surface area contributed by atoms with E-state index in [-0.39, 0.29) is 30.1 Å². The number of carbonyl (C=O) groups is 2. The molecule has 0 aromatic heterocycles. The lowest BCUT2D eigenvalue weighted by Gasteiger charge is -2.32. The van der Waals surface area contributed by atoms with E-state index in [4.69, 9.17) is 5.11 Å². The Kier molecular flexibility index (Phi) is 5.45. The lowest BCUT2D eigenvalue weighted by atomic mass is 9.88. The molecule has 1 unspecified atom stereocenters. The Morgan fingerprint density at radius 3 is 2.00 bits per heavy atom. The van der Waals surface area contributed by atoms with Crippen molar-refractivity contribution in [3.63, 3.8) is 0 Å². The predicted octanol–water partition coefficient (Wildman–Crippen LogP) is 1.93. The average molecular weight is 244 g/mol. The second kappa shape index (κ2) is 5.89. The van der Waals surface area contributed by atoms with Gasteiger partial charge in [-0.3, -0.25) is 4.79 Å². The number of amides is 2. The van der Waals surface area contributed by atoms with Gasteiger partial charge < -0.3 is 15.3 Å². The number of carbonyl (C=O) groups excluding carboxylic acids is 1.